The van der Waals surface area contributed by atoms with Gasteiger partial charge in [-0.1, -0.05) is 18.2 Å². The lowest BCUT2D eigenvalue weighted by Gasteiger charge is -2.07. The molecular formula is C19H16N4O2S. The maximum Gasteiger partial charge on any atom is 0.263 e. The molecule has 6 nitrogen and oxygen atoms in total. The fraction of sp³-hybridized carbons (Fsp3) is 0.158. The maximum atomic E-state index is 12.6. The smallest absolute Gasteiger partial charge is 0.263 e. The molecule has 130 valence electrons. The molecule has 4 rings (SSSR count). The summed E-state index contributed by atoms with van der Waals surface area (Å²) in [4.78, 5) is 0.245. The van der Waals surface area contributed by atoms with Crippen LogP contribution in [-0.4, -0.2) is 18.6 Å². The number of hydrogen-bond donors (Lipinski definition) is 2. The lowest BCUT2D eigenvalue weighted by atomic mass is 10.1. The van der Waals surface area contributed by atoms with Crippen LogP contribution in [0.15, 0.2) is 53.4 Å². The molecule has 0 saturated heterocycles. The van der Waals surface area contributed by atoms with Crippen molar-refractivity contribution in [1.29, 1.82) is 5.26 Å². The zero-order chi connectivity index (χ0) is 18.1. The number of rotatable bonds is 4. The van der Waals surface area contributed by atoms with Crippen molar-refractivity contribution in [3.63, 3.8) is 0 Å². The van der Waals surface area contributed by atoms with Crippen LogP contribution in [0.3, 0.4) is 0 Å². The summed E-state index contributed by atoms with van der Waals surface area (Å²) < 4.78 is 27.8. The molecule has 0 aliphatic heterocycles. The van der Waals surface area contributed by atoms with Gasteiger partial charge in [-0.25, -0.2) is 8.42 Å². The first-order valence-corrected chi connectivity index (χ1v) is 9.74. The second kappa shape index (κ2) is 6.32. The first-order valence-electron chi connectivity index (χ1n) is 8.26. The van der Waals surface area contributed by atoms with Gasteiger partial charge in [-0.3, -0.25) is 9.82 Å². The molecule has 2 N–H and O–H groups in total. The average Bonchev–Trinajstić information content (AvgIpc) is 3.30. The molecule has 0 saturated carbocycles. The number of nitrogens with zero attached hydrogens (tertiary/aromatic N) is 2. The van der Waals surface area contributed by atoms with E-state index in [0.29, 0.717) is 11.3 Å². The minimum Gasteiger partial charge on any atom is -0.276 e. The summed E-state index contributed by atoms with van der Waals surface area (Å²) in [5, 5.41) is 15.8. The van der Waals surface area contributed by atoms with E-state index in [4.69, 9.17) is 5.26 Å². The Morgan fingerprint density at radius 3 is 2.77 bits per heavy atom. The zero-order valence-corrected chi connectivity index (χ0v) is 14.7. The monoisotopic (exact) mass is 364 g/mol. The van der Waals surface area contributed by atoms with Crippen LogP contribution in [0.5, 0.6) is 0 Å². The molecule has 1 aliphatic carbocycles. The SMILES string of the molecule is N#Cc1cccc(-c2cc(NS(=O)(=O)c3ccc4c(c3)CCC4)n[nH]2)c1. The van der Waals surface area contributed by atoms with Crippen LogP contribution in [-0.2, 0) is 22.9 Å². The predicted molar refractivity (Wildman–Crippen MR) is 98.0 cm³/mol. The first kappa shape index (κ1) is 16.4. The number of benzene rings is 2. The van der Waals surface area contributed by atoms with Crippen molar-refractivity contribution in [3.8, 4) is 17.3 Å². The minimum absolute atomic E-state index is 0.211. The number of fused-ring (bicyclic) bond motifs is 1. The molecule has 0 atom stereocenters. The van der Waals surface area contributed by atoms with Crippen molar-refractivity contribution in [1.82, 2.24) is 10.2 Å². The van der Waals surface area contributed by atoms with Gasteiger partial charge in [0.25, 0.3) is 10.0 Å². The number of aryl methyl sites for hydroxylation is 2. The number of aromatic amines is 1. The van der Waals surface area contributed by atoms with E-state index < -0.39 is 10.0 Å². The fourth-order valence-corrected chi connectivity index (χ4v) is 4.23. The number of hydrogen-bond acceptors (Lipinski definition) is 4. The van der Waals surface area contributed by atoms with E-state index in [2.05, 4.69) is 21.0 Å². The molecule has 26 heavy (non-hydrogen) atoms. The summed E-state index contributed by atoms with van der Waals surface area (Å²) in [7, 11) is -3.70. The molecule has 0 amide bonds. The Labute approximate surface area is 151 Å². The molecule has 0 spiro atoms. The molecule has 0 unspecified atom stereocenters. The van der Waals surface area contributed by atoms with Gasteiger partial charge in [0.2, 0.25) is 0 Å². The quantitative estimate of drug-likeness (QED) is 0.742. The van der Waals surface area contributed by atoms with Crippen molar-refractivity contribution >= 4 is 15.8 Å². The zero-order valence-electron chi connectivity index (χ0n) is 13.9. The van der Waals surface area contributed by atoms with Gasteiger partial charge in [0.15, 0.2) is 5.82 Å². The third-order valence-corrected chi connectivity index (χ3v) is 5.85. The lowest BCUT2D eigenvalue weighted by molar-refractivity contribution is 0.601. The topological polar surface area (TPSA) is 98.6 Å². The second-order valence-electron chi connectivity index (χ2n) is 6.25. The van der Waals surface area contributed by atoms with Crippen molar-refractivity contribution in [2.24, 2.45) is 0 Å². The van der Waals surface area contributed by atoms with Gasteiger partial charge in [-0.05, 0) is 54.7 Å². The fourth-order valence-electron chi connectivity index (χ4n) is 3.19. The summed E-state index contributed by atoms with van der Waals surface area (Å²) >= 11 is 0. The van der Waals surface area contributed by atoms with Gasteiger partial charge in [-0.15, -0.1) is 0 Å². The molecule has 1 aromatic heterocycles. The normalized spacial score (nSPS) is 13.2. The summed E-state index contributed by atoms with van der Waals surface area (Å²) in [6.45, 7) is 0. The molecule has 2 aromatic carbocycles. The second-order valence-corrected chi connectivity index (χ2v) is 7.93. The van der Waals surface area contributed by atoms with Gasteiger partial charge < -0.3 is 0 Å². The van der Waals surface area contributed by atoms with Crippen LogP contribution in [0.1, 0.15) is 23.1 Å². The van der Waals surface area contributed by atoms with E-state index in [1.807, 2.05) is 12.1 Å². The number of sulfonamides is 1. The van der Waals surface area contributed by atoms with Gasteiger partial charge in [0.1, 0.15) is 0 Å². The third kappa shape index (κ3) is 3.07. The van der Waals surface area contributed by atoms with Crippen molar-refractivity contribution < 1.29 is 8.42 Å². The lowest BCUT2D eigenvalue weighted by Crippen LogP contribution is -2.13. The van der Waals surface area contributed by atoms with E-state index in [-0.39, 0.29) is 10.7 Å². The summed E-state index contributed by atoms with van der Waals surface area (Å²) in [6, 6.07) is 16.0. The molecule has 7 heteroatoms. The highest BCUT2D eigenvalue weighted by Gasteiger charge is 2.19. The van der Waals surface area contributed by atoms with Crippen LogP contribution in [0, 0.1) is 11.3 Å². The van der Waals surface area contributed by atoms with E-state index in [0.717, 1.165) is 30.4 Å². The molecule has 0 fully saturated rings. The Morgan fingerprint density at radius 1 is 1.08 bits per heavy atom. The minimum atomic E-state index is -3.70. The van der Waals surface area contributed by atoms with E-state index in [9.17, 15) is 8.42 Å². The van der Waals surface area contributed by atoms with Crippen molar-refractivity contribution in [3.05, 3.63) is 65.2 Å². The first-order chi connectivity index (χ1) is 12.5. The molecule has 3 aromatic rings. The maximum absolute atomic E-state index is 12.6. The Balaban J connectivity index is 1.59. The van der Waals surface area contributed by atoms with Crippen LogP contribution in [0.2, 0.25) is 0 Å². The number of H-pyrrole nitrogens is 1. The molecule has 0 radical (unpaired) electrons. The Kier molecular flexibility index (Phi) is 3.98. The van der Waals surface area contributed by atoms with Gasteiger partial charge in [0, 0.05) is 11.6 Å². The molecular weight excluding hydrogens is 348 g/mol. The highest BCUT2D eigenvalue weighted by molar-refractivity contribution is 7.92. The van der Waals surface area contributed by atoms with E-state index in [1.165, 1.54) is 5.56 Å². The van der Waals surface area contributed by atoms with Crippen LogP contribution >= 0.6 is 0 Å². The molecule has 1 heterocycles. The number of nitriles is 1. The predicted octanol–water partition coefficient (Wildman–Crippen LogP) is 3.24. The van der Waals surface area contributed by atoms with E-state index in [1.54, 1.807) is 36.4 Å². The largest absolute Gasteiger partial charge is 0.276 e. The number of nitrogens with one attached hydrogen (secondary N) is 2. The standard InChI is InChI=1S/C19H16N4O2S/c20-12-13-3-1-6-16(9-13)18-11-19(22-21-18)23-26(24,25)17-8-7-14-4-2-5-15(14)10-17/h1,3,6-11H,2,4-5H2,(H2,21,22,23). The Bertz CT molecular complexity index is 1130. The van der Waals surface area contributed by atoms with Crippen LogP contribution in [0.4, 0.5) is 5.82 Å². The average molecular weight is 364 g/mol. The van der Waals surface area contributed by atoms with Crippen LogP contribution < -0.4 is 4.72 Å². The highest BCUT2D eigenvalue weighted by atomic mass is 32.2. The van der Waals surface area contributed by atoms with E-state index >= 15 is 0 Å². The summed E-state index contributed by atoms with van der Waals surface area (Å²) in [5.41, 5.74) is 4.25. The molecule has 0 bridgehead atoms. The highest BCUT2D eigenvalue weighted by Crippen LogP contribution is 2.26. The van der Waals surface area contributed by atoms with Gasteiger partial charge in [-0.2, -0.15) is 10.4 Å². The van der Waals surface area contributed by atoms with Gasteiger partial charge >= 0.3 is 0 Å². The number of anilines is 1. The summed E-state index contributed by atoms with van der Waals surface area (Å²) in [6.07, 6.45) is 2.99. The van der Waals surface area contributed by atoms with Gasteiger partial charge in [0.05, 0.1) is 22.2 Å². The van der Waals surface area contributed by atoms with Crippen LogP contribution in [0.25, 0.3) is 11.3 Å². The van der Waals surface area contributed by atoms with Crippen molar-refractivity contribution in [2.45, 2.75) is 24.2 Å². The summed E-state index contributed by atoms with van der Waals surface area (Å²) in [5.74, 6) is 0.211. The molecule has 1 aliphatic rings. The number of aromatic nitrogens is 2. The third-order valence-electron chi connectivity index (χ3n) is 4.50. The van der Waals surface area contributed by atoms with Crippen molar-refractivity contribution in [2.75, 3.05) is 4.72 Å². The Morgan fingerprint density at radius 2 is 1.92 bits per heavy atom. The Hall–Kier alpha value is -3.11.